The molecule has 0 aliphatic rings. The average Bonchev–Trinajstić information content (AvgIpc) is 2.79. The molecule has 0 bridgehead atoms. The summed E-state index contributed by atoms with van der Waals surface area (Å²) in [6, 6.07) is 9.97. The second kappa shape index (κ2) is 13.2. The zero-order chi connectivity index (χ0) is 25.0. The molecule has 0 heterocycles. The molecule has 0 aliphatic carbocycles. The molecule has 0 radical (unpaired) electrons. The SMILES string of the molecule is CC(=O)OCCCCCCOC(=O)/C=C/c1ccc(OC(=O)c2ccc(C(F)(F)F)cc2)cc1. The number of halogens is 3. The van der Waals surface area contributed by atoms with Crippen molar-refractivity contribution in [1.82, 2.24) is 0 Å². The Morgan fingerprint density at radius 2 is 1.41 bits per heavy atom. The van der Waals surface area contributed by atoms with Crippen LogP contribution in [0.15, 0.2) is 54.6 Å². The molecular weight excluding hydrogens is 453 g/mol. The van der Waals surface area contributed by atoms with Crippen LogP contribution in [0, 0.1) is 0 Å². The summed E-state index contributed by atoms with van der Waals surface area (Å²) in [5.74, 6) is -1.36. The second-order valence-corrected chi connectivity index (χ2v) is 7.29. The molecule has 0 N–H and O–H groups in total. The third kappa shape index (κ3) is 9.89. The van der Waals surface area contributed by atoms with Gasteiger partial charge in [-0.3, -0.25) is 4.79 Å². The molecule has 34 heavy (non-hydrogen) atoms. The van der Waals surface area contributed by atoms with E-state index in [1.165, 1.54) is 25.1 Å². The molecule has 0 amide bonds. The van der Waals surface area contributed by atoms with Gasteiger partial charge < -0.3 is 14.2 Å². The number of esters is 3. The van der Waals surface area contributed by atoms with Crippen LogP contribution in [0.5, 0.6) is 5.75 Å². The van der Waals surface area contributed by atoms with Gasteiger partial charge in [0, 0.05) is 13.0 Å². The maximum Gasteiger partial charge on any atom is 0.416 e. The fourth-order valence-corrected chi connectivity index (χ4v) is 2.77. The quantitative estimate of drug-likeness (QED) is 0.181. The Bertz CT molecular complexity index is 979. The van der Waals surface area contributed by atoms with Gasteiger partial charge in [-0.05, 0) is 73.7 Å². The second-order valence-electron chi connectivity index (χ2n) is 7.29. The van der Waals surface area contributed by atoms with Gasteiger partial charge in [-0.15, -0.1) is 0 Å². The van der Waals surface area contributed by atoms with E-state index in [9.17, 15) is 27.6 Å². The Morgan fingerprint density at radius 3 is 1.97 bits per heavy atom. The molecule has 0 atom stereocenters. The van der Waals surface area contributed by atoms with Crippen molar-refractivity contribution in [2.75, 3.05) is 13.2 Å². The molecule has 2 aromatic carbocycles. The van der Waals surface area contributed by atoms with E-state index >= 15 is 0 Å². The van der Waals surface area contributed by atoms with Crippen molar-refractivity contribution in [1.29, 1.82) is 0 Å². The summed E-state index contributed by atoms with van der Waals surface area (Å²) < 4.78 is 52.9. The minimum atomic E-state index is -4.48. The van der Waals surface area contributed by atoms with Crippen LogP contribution in [-0.4, -0.2) is 31.1 Å². The van der Waals surface area contributed by atoms with Crippen molar-refractivity contribution in [3.8, 4) is 5.75 Å². The van der Waals surface area contributed by atoms with Gasteiger partial charge in [0.1, 0.15) is 5.75 Å². The molecule has 0 spiro atoms. The number of hydrogen-bond donors (Lipinski definition) is 0. The van der Waals surface area contributed by atoms with Crippen molar-refractivity contribution in [2.24, 2.45) is 0 Å². The maximum absolute atomic E-state index is 12.6. The standard InChI is InChI=1S/C25H25F3O6/c1-18(29)32-16-4-2-3-5-17-33-23(30)15-8-19-6-13-22(14-7-19)34-24(31)20-9-11-21(12-10-20)25(26,27)28/h6-15H,2-5,16-17H2,1H3/b15-8+. The monoisotopic (exact) mass is 478 g/mol. The first-order valence-corrected chi connectivity index (χ1v) is 10.6. The Labute approximate surface area is 195 Å². The molecule has 182 valence electrons. The minimum absolute atomic E-state index is 0.0101. The van der Waals surface area contributed by atoms with Gasteiger partial charge in [0.2, 0.25) is 0 Å². The van der Waals surface area contributed by atoms with Crippen LogP contribution in [0.2, 0.25) is 0 Å². The Morgan fingerprint density at radius 1 is 0.824 bits per heavy atom. The molecule has 0 aliphatic heterocycles. The van der Waals surface area contributed by atoms with Crippen molar-refractivity contribution in [3.05, 3.63) is 71.3 Å². The lowest BCUT2D eigenvalue weighted by Gasteiger charge is -2.08. The summed E-state index contributed by atoms with van der Waals surface area (Å²) in [6.45, 7) is 2.05. The average molecular weight is 478 g/mol. The number of alkyl halides is 3. The Hall–Kier alpha value is -3.62. The first kappa shape index (κ1) is 26.6. The van der Waals surface area contributed by atoms with Gasteiger partial charge in [-0.2, -0.15) is 13.2 Å². The number of hydrogen-bond acceptors (Lipinski definition) is 6. The molecule has 0 unspecified atom stereocenters. The highest BCUT2D eigenvalue weighted by molar-refractivity contribution is 5.91. The number of unbranched alkanes of at least 4 members (excludes halogenated alkanes) is 3. The lowest BCUT2D eigenvalue weighted by molar-refractivity contribution is -0.141. The van der Waals surface area contributed by atoms with E-state index < -0.39 is 23.7 Å². The normalized spacial score (nSPS) is 11.3. The van der Waals surface area contributed by atoms with E-state index in [-0.39, 0.29) is 23.9 Å². The number of carbonyl (C=O) groups is 3. The van der Waals surface area contributed by atoms with Gasteiger partial charge >= 0.3 is 24.1 Å². The topological polar surface area (TPSA) is 78.9 Å². The lowest BCUT2D eigenvalue weighted by atomic mass is 10.1. The zero-order valence-electron chi connectivity index (χ0n) is 18.6. The highest BCUT2D eigenvalue weighted by Crippen LogP contribution is 2.29. The van der Waals surface area contributed by atoms with Gasteiger partial charge in [0.25, 0.3) is 0 Å². The van der Waals surface area contributed by atoms with Crippen molar-refractivity contribution in [3.63, 3.8) is 0 Å². The van der Waals surface area contributed by atoms with Crippen LogP contribution < -0.4 is 4.74 Å². The van der Waals surface area contributed by atoms with Crippen LogP contribution >= 0.6 is 0 Å². The molecule has 9 heteroatoms. The van der Waals surface area contributed by atoms with Crippen LogP contribution in [0.4, 0.5) is 13.2 Å². The fourth-order valence-electron chi connectivity index (χ4n) is 2.77. The molecule has 2 rings (SSSR count). The van der Waals surface area contributed by atoms with Gasteiger partial charge in [0.15, 0.2) is 0 Å². The molecule has 0 saturated heterocycles. The first-order valence-electron chi connectivity index (χ1n) is 10.6. The molecule has 2 aromatic rings. The lowest BCUT2D eigenvalue weighted by Crippen LogP contribution is -2.10. The van der Waals surface area contributed by atoms with Crippen molar-refractivity contribution >= 4 is 24.0 Å². The summed E-state index contributed by atoms with van der Waals surface area (Å²) in [7, 11) is 0. The van der Waals surface area contributed by atoms with Crippen LogP contribution in [0.3, 0.4) is 0 Å². The molecule has 0 saturated carbocycles. The minimum Gasteiger partial charge on any atom is -0.466 e. The summed E-state index contributed by atoms with van der Waals surface area (Å²) in [5.41, 5.74) is -0.198. The largest absolute Gasteiger partial charge is 0.466 e. The van der Waals surface area contributed by atoms with Crippen molar-refractivity contribution in [2.45, 2.75) is 38.8 Å². The van der Waals surface area contributed by atoms with Gasteiger partial charge in [0.05, 0.1) is 24.3 Å². The van der Waals surface area contributed by atoms with E-state index in [4.69, 9.17) is 14.2 Å². The predicted octanol–water partition coefficient (Wildman–Crippen LogP) is 5.60. The third-order valence-electron chi connectivity index (χ3n) is 4.54. The molecule has 0 fully saturated rings. The number of carbonyl (C=O) groups excluding carboxylic acids is 3. The highest BCUT2D eigenvalue weighted by Gasteiger charge is 2.30. The van der Waals surface area contributed by atoms with E-state index in [1.807, 2.05) is 0 Å². The van der Waals surface area contributed by atoms with E-state index in [2.05, 4.69) is 0 Å². The number of benzene rings is 2. The van der Waals surface area contributed by atoms with E-state index in [0.717, 1.165) is 43.5 Å². The summed E-state index contributed by atoms with van der Waals surface area (Å²) in [6.07, 6.45) is 1.54. The molecule has 6 nitrogen and oxygen atoms in total. The summed E-state index contributed by atoms with van der Waals surface area (Å²) >= 11 is 0. The Balaban J connectivity index is 1.72. The summed E-state index contributed by atoms with van der Waals surface area (Å²) in [4.78, 5) is 34.5. The molecule has 0 aromatic heterocycles. The zero-order valence-corrected chi connectivity index (χ0v) is 18.6. The Kier molecular flexibility index (Phi) is 10.3. The maximum atomic E-state index is 12.6. The van der Waals surface area contributed by atoms with E-state index in [0.29, 0.717) is 18.6 Å². The smallest absolute Gasteiger partial charge is 0.416 e. The third-order valence-corrected chi connectivity index (χ3v) is 4.54. The van der Waals surface area contributed by atoms with E-state index in [1.54, 1.807) is 18.2 Å². The number of ether oxygens (including phenoxy) is 3. The van der Waals surface area contributed by atoms with Crippen LogP contribution in [-0.2, 0) is 25.2 Å². The molecular formula is C25H25F3O6. The van der Waals surface area contributed by atoms with Crippen LogP contribution in [0.1, 0.15) is 54.1 Å². The van der Waals surface area contributed by atoms with Crippen LogP contribution in [0.25, 0.3) is 6.08 Å². The van der Waals surface area contributed by atoms with Gasteiger partial charge in [-0.1, -0.05) is 12.1 Å². The summed E-state index contributed by atoms with van der Waals surface area (Å²) in [5, 5.41) is 0. The highest BCUT2D eigenvalue weighted by atomic mass is 19.4. The van der Waals surface area contributed by atoms with Crippen molar-refractivity contribution < 1.29 is 41.8 Å². The van der Waals surface area contributed by atoms with Gasteiger partial charge in [-0.25, -0.2) is 9.59 Å². The number of rotatable bonds is 11. The predicted molar refractivity (Wildman–Crippen MR) is 118 cm³/mol. The fraction of sp³-hybridized carbons (Fsp3) is 0.320. The first-order chi connectivity index (χ1) is 16.1.